The molecule has 0 saturated carbocycles. The Morgan fingerprint density at radius 3 is 2.78 bits per heavy atom. The summed E-state index contributed by atoms with van der Waals surface area (Å²) in [5.74, 6) is 0.673. The highest BCUT2D eigenvalue weighted by Gasteiger charge is 2.52. The van der Waals surface area contributed by atoms with E-state index in [0.717, 1.165) is 11.4 Å². The van der Waals surface area contributed by atoms with Crippen LogP contribution in [0.4, 0.5) is 5.69 Å². The first kappa shape index (κ1) is 11.5. The standard InChI is InChI=1S/C13H16N2O3/c1-15-9-4-2-3-5-10(9)18-11(12(15)16)13(6-14)7-17-8-13/h2-5,11H,6-8,14H2,1H3. The number of benzene rings is 1. The summed E-state index contributed by atoms with van der Waals surface area (Å²) in [7, 11) is 1.76. The number of fused-ring (bicyclic) bond motifs is 1. The third-order valence-electron chi connectivity index (χ3n) is 3.77. The summed E-state index contributed by atoms with van der Waals surface area (Å²) in [6, 6.07) is 7.52. The highest BCUT2D eigenvalue weighted by Crippen LogP contribution is 2.40. The zero-order chi connectivity index (χ0) is 12.8. The number of nitrogens with two attached hydrogens (primary N) is 1. The van der Waals surface area contributed by atoms with Crippen molar-refractivity contribution in [3.8, 4) is 5.75 Å². The first-order chi connectivity index (χ1) is 8.68. The smallest absolute Gasteiger partial charge is 0.268 e. The largest absolute Gasteiger partial charge is 0.478 e. The normalized spacial score (nSPS) is 25.1. The molecular weight excluding hydrogens is 232 g/mol. The maximum atomic E-state index is 12.4. The topological polar surface area (TPSA) is 64.8 Å². The summed E-state index contributed by atoms with van der Waals surface area (Å²) < 4.78 is 11.1. The van der Waals surface area contributed by atoms with Crippen molar-refractivity contribution in [3.05, 3.63) is 24.3 Å². The van der Waals surface area contributed by atoms with Gasteiger partial charge in [0.05, 0.1) is 24.3 Å². The second-order valence-corrected chi connectivity index (χ2v) is 4.92. The van der Waals surface area contributed by atoms with E-state index in [1.165, 1.54) is 0 Å². The van der Waals surface area contributed by atoms with Crippen molar-refractivity contribution in [2.75, 3.05) is 31.7 Å². The molecule has 1 aromatic rings. The lowest BCUT2D eigenvalue weighted by atomic mass is 9.78. The molecule has 0 aromatic heterocycles. The van der Waals surface area contributed by atoms with Gasteiger partial charge >= 0.3 is 0 Å². The fraction of sp³-hybridized carbons (Fsp3) is 0.462. The van der Waals surface area contributed by atoms with Crippen LogP contribution in [-0.2, 0) is 9.53 Å². The molecule has 18 heavy (non-hydrogen) atoms. The van der Waals surface area contributed by atoms with E-state index in [9.17, 15) is 4.79 Å². The quantitative estimate of drug-likeness (QED) is 0.822. The van der Waals surface area contributed by atoms with E-state index in [2.05, 4.69) is 0 Å². The van der Waals surface area contributed by atoms with Gasteiger partial charge in [-0.15, -0.1) is 0 Å². The number of carbonyl (C=O) groups excluding carboxylic acids is 1. The lowest BCUT2D eigenvalue weighted by Crippen LogP contribution is -2.64. The van der Waals surface area contributed by atoms with Gasteiger partial charge in [0.2, 0.25) is 0 Å². The van der Waals surface area contributed by atoms with Gasteiger partial charge in [0.25, 0.3) is 5.91 Å². The molecule has 1 atom stereocenters. The van der Waals surface area contributed by atoms with Gasteiger partial charge in [0.1, 0.15) is 5.75 Å². The minimum Gasteiger partial charge on any atom is -0.478 e. The van der Waals surface area contributed by atoms with Crippen LogP contribution in [0.15, 0.2) is 24.3 Å². The number of hydrogen-bond donors (Lipinski definition) is 1. The molecule has 5 nitrogen and oxygen atoms in total. The third kappa shape index (κ3) is 1.44. The van der Waals surface area contributed by atoms with Crippen molar-refractivity contribution in [1.29, 1.82) is 0 Å². The number of para-hydroxylation sites is 2. The molecule has 0 bridgehead atoms. The number of anilines is 1. The van der Waals surface area contributed by atoms with Gasteiger partial charge in [-0.05, 0) is 12.1 Å². The third-order valence-corrected chi connectivity index (χ3v) is 3.77. The SMILES string of the molecule is CN1C(=O)C(C2(CN)COC2)Oc2ccccc21. The molecule has 1 amide bonds. The summed E-state index contributed by atoms with van der Waals surface area (Å²) >= 11 is 0. The Bertz CT molecular complexity index is 479. The van der Waals surface area contributed by atoms with Crippen molar-refractivity contribution in [3.63, 3.8) is 0 Å². The number of likely N-dealkylation sites (N-methyl/N-ethyl adjacent to an activating group) is 1. The number of carbonyl (C=O) groups is 1. The Morgan fingerprint density at radius 2 is 2.17 bits per heavy atom. The van der Waals surface area contributed by atoms with Crippen LogP contribution >= 0.6 is 0 Å². The molecule has 0 radical (unpaired) electrons. The van der Waals surface area contributed by atoms with Crippen LogP contribution in [0.1, 0.15) is 0 Å². The van der Waals surface area contributed by atoms with Crippen LogP contribution in [-0.4, -0.2) is 38.8 Å². The zero-order valence-corrected chi connectivity index (χ0v) is 10.3. The summed E-state index contributed by atoms with van der Waals surface area (Å²) in [5, 5.41) is 0. The van der Waals surface area contributed by atoms with E-state index in [0.29, 0.717) is 19.8 Å². The highest BCUT2D eigenvalue weighted by atomic mass is 16.5. The molecular formula is C13H16N2O3. The number of hydrogen-bond acceptors (Lipinski definition) is 4. The Kier molecular flexibility index (Phi) is 2.53. The lowest BCUT2D eigenvalue weighted by molar-refractivity contribution is -0.171. The van der Waals surface area contributed by atoms with Crippen molar-refractivity contribution < 1.29 is 14.3 Å². The Labute approximate surface area is 105 Å². The number of amides is 1. The second-order valence-electron chi connectivity index (χ2n) is 4.92. The minimum absolute atomic E-state index is 0.0533. The van der Waals surface area contributed by atoms with Gasteiger partial charge in [0.15, 0.2) is 6.10 Å². The molecule has 2 heterocycles. The summed E-state index contributed by atoms with van der Waals surface area (Å²) in [5.41, 5.74) is 6.22. The van der Waals surface area contributed by atoms with Gasteiger partial charge < -0.3 is 20.1 Å². The lowest BCUT2D eigenvalue weighted by Gasteiger charge is -2.47. The van der Waals surface area contributed by atoms with Gasteiger partial charge in [0, 0.05) is 13.6 Å². The molecule has 5 heteroatoms. The fourth-order valence-electron chi connectivity index (χ4n) is 2.43. The van der Waals surface area contributed by atoms with Crippen LogP contribution in [0, 0.1) is 5.41 Å². The van der Waals surface area contributed by atoms with E-state index in [1.807, 2.05) is 24.3 Å². The van der Waals surface area contributed by atoms with Crippen LogP contribution in [0.25, 0.3) is 0 Å². The summed E-state index contributed by atoms with van der Waals surface area (Å²) in [6.07, 6.45) is -0.545. The molecule has 1 unspecified atom stereocenters. The molecule has 1 saturated heterocycles. The predicted octanol–water partition coefficient (Wildman–Crippen LogP) is 0.386. The second kappa shape index (κ2) is 3.96. The number of nitrogens with zero attached hydrogens (tertiary/aromatic N) is 1. The van der Waals surface area contributed by atoms with E-state index in [-0.39, 0.29) is 11.3 Å². The first-order valence-electron chi connectivity index (χ1n) is 5.99. The Hall–Kier alpha value is -1.59. The zero-order valence-electron chi connectivity index (χ0n) is 10.3. The van der Waals surface area contributed by atoms with Gasteiger partial charge in [-0.2, -0.15) is 0 Å². The monoisotopic (exact) mass is 248 g/mol. The number of ether oxygens (including phenoxy) is 2. The predicted molar refractivity (Wildman–Crippen MR) is 66.6 cm³/mol. The molecule has 96 valence electrons. The average Bonchev–Trinajstić information content (AvgIpc) is 2.35. The van der Waals surface area contributed by atoms with Crippen molar-refractivity contribution in [1.82, 2.24) is 0 Å². The van der Waals surface area contributed by atoms with E-state index < -0.39 is 6.10 Å². The van der Waals surface area contributed by atoms with Crippen molar-refractivity contribution in [2.45, 2.75) is 6.10 Å². The van der Waals surface area contributed by atoms with Crippen LogP contribution < -0.4 is 15.4 Å². The molecule has 1 fully saturated rings. The summed E-state index contributed by atoms with van der Waals surface area (Å²) in [6.45, 7) is 1.35. The molecule has 0 aliphatic carbocycles. The van der Waals surface area contributed by atoms with Crippen LogP contribution in [0.2, 0.25) is 0 Å². The molecule has 2 N–H and O–H groups in total. The van der Waals surface area contributed by atoms with Crippen molar-refractivity contribution in [2.24, 2.45) is 11.1 Å². The molecule has 2 aliphatic rings. The van der Waals surface area contributed by atoms with Crippen LogP contribution in [0.3, 0.4) is 0 Å². The fourth-order valence-corrected chi connectivity index (χ4v) is 2.43. The molecule has 3 rings (SSSR count). The maximum Gasteiger partial charge on any atom is 0.268 e. The highest BCUT2D eigenvalue weighted by molar-refractivity contribution is 6.00. The number of rotatable bonds is 2. The van der Waals surface area contributed by atoms with Gasteiger partial charge in [-0.25, -0.2) is 0 Å². The Morgan fingerprint density at radius 1 is 1.44 bits per heavy atom. The van der Waals surface area contributed by atoms with E-state index in [1.54, 1.807) is 11.9 Å². The van der Waals surface area contributed by atoms with Gasteiger partial charge in [-0.1, -0.05) is 12.1 Å². The van der Waals surface area contributed by atoms with Crippen molar-refractivity contribution >= 4 is 11.6 Å². The average molecular weight is 248 g/mol. The van der Waals surface area contributed by atoms with E-state index >= 15 is 0 Å². The molecule has 2 aliphatic heterocycles. The van der Waals surface area contributed by atoms with Gasteiger partial charge in [-0.3, -0.25) is 4.79 Å². The first-order valence-corrected chi connectivity index (χ1v) is 5.99. The van der Waals surface area contributed by atoms with Crippen LogP contribution in [0.5, 0.6) is 5.75 Å². The Balaban J connectivity index is 1.98. The van der Waals surface area contributed by atoms with E-state index in [4.69, 9.17) is 15.2 Å². The minimum atomic E-state index is -0.545. The molecule has 1 aromatic carbocycles. The molecule has 0 spiro atoms. The maximum absolute atomic E-state index is 12.4. The summed E-state index contributed by atoms with van der Waals surface area (Å²) in [4.78, 5) is 14.0.